The van der Waals surface area contributed by atoms with E-state index in [0.29, 0.717) is 19.0 Å². The molecule has 0 amide bonds. The number of ether oxygens (including phenoxy) is 2. The Morgan fingerprint density at radius 3 is 2.72 bits per heavy atom. The van der Waals surface area contributed by atoms with E-state index in [0.717, 1.165) is 23.3 Å². The molecule has 0 spiro atoms. The predicted octanol–water partition coefficient (Wildman–Crippen LogP) is 1.60. The molecule has 0 bridgehead atoms. The SMILES string of the molecule is O=c1cc(-c2ccc3c(c2)OCCCO3)cn[nH]1. The molecule has 0 saturated carbocycles. The summed E-state index contributed by atoms with van der Waals surface area (Å²) in [5.41, 5.74) is 1.42. The smallest absolute Gasteiger partial charge is 0.264 e. The lowest BCUT2D eigenvalue weighted by Gasteiger charge is -2.08. The first kappa shape index (κ1) is 10.8. The number of hydrogen-bond acceptors (Lipinski definition) is 4. The van der Waals surface area contributed by atoms with Crippen molar-refractivity contribution in [2.45, 2.75) is 6.42 Å². The molecule has 2 heterocycles. The summed E-state index contributed by atoms with van der Waals surface area (Å²) in [6, 6.07) is 7.13. The molecule has 1 aliphatic heterocycles. The standard InChI is InChI=1S/C13H12N2O3/c16-13-7-10(8-14-15-13)9-2-3-11-12(6-9)18-5-1-4-17-11/h2-3,6-8H,1,4-5H2,(H,15,16). The van der Waals surface area contributed by atoms with E-state index in [1.165, 1.54) is 6.07 Å². The first-order valence-corrected chi connectivity index (χ1v) is 5.78. The molecule has 0 fully saturated rings. The number of aromatic nitrogens is 2. The number of nitrogens with one attached hydrogen (secondary N) is 1. The largest absolute Gasteiger partial charge is 0.490 e. The third kappa shape index (κ3) is 2.07. The van der Waals surface area contributed by atoms with Gasteiger partial charge in [-0.05, 0) is 17.7 Å². The fourth-order valence-electron chi connectivity index (χ4n) is 1.88. The maximum atomic E-state index is 11.2. The Morgan fingerprint density at radius 2 is 1.89 bits per heavy atom. The molecule has 0 atom stereocenters. The lowest BCUT2D eigenvalue weighted by Crippen LogP contribution is -2.05. The Labute approximate surface area is 103 Å². The maximum absolute atomic E-state index is 11.2. The van der Waals surface area contributed by atoms with Crippen LogP contribution in [0.4, 0.5) is 0 Å². The van der Waals surface area contributed by atoms with E-state index in [1.807, 2.05) is 18.2 Å². The van der Waals surface area contributed by atoms with Crippen LogP contribution in [0.25, 0.3) is 11.1 Å². The van der Waals surface area contributed by atoms with Gasteiger partial charge in [0.05, 0.1) is 19.4 Å². The van der Waals surface area contributed by atoms with Crippen LogP contribution in [0.2, 0.25) is 0 Å². The molecule has 1 aromatic heterocycles. The second kappa shape index (κ2) is 4.52. The van der Waals surface area contributed by atoms with Gasteiger partial charge in [0, 0.05) is 18.1 Å². The second-order valence-corrected chi connectivity index (χ2v) is 4.05. The van der Waals surface area contributed by atoms with Crippen LogP contribution in [0.15, 0.2) is 35.3 Å². The molecule has 1 aromatic carbocycles. The van der Waals surface area contributed by atoms with E-state index in [-0.39, 0.29) is 5.56 Å². The average Bonchev–Trinajstić information content (AvgIpc) is 2.63. The zero-order valence-electron chi connectivity index (χ0n) is 9.68. The molecule has 2 aromatic rings. The Kier molecular flexibility index (Phi) is 2.72. The Morgan fingerprint density at radius 1 is 1.06 bits per heavy atom. The van der Waals surface area contributed by atoms with Gasteiger partial charge in [0.2, 0.25) is 0 Å². The molecule has 1 aliphatic rings. The van der Waals surface area contributed by atoms with Crippen molar-refractivity contribution < 1.29 is 9.47 Å². The number of benzene rings is 1. The van der Waals surface area contributed by atoms with Crippen LogP contribution in [0.3, 0.4) is 0 Å². The number of nitrogens with zero attached hydrogens (tertiary/aromatic N) is 1. The van der Waals surface area contributed by atoms with Crippen molar-refractivity contribution in [2.24, 2.45) is 0 Å². The molecule has 3 rings (SSSR count). The third-order valence-electron chi connectivity index (χ3n) is 2.75. The number of H-pyrrole nitrogens is 1. The second-order valence-electron chi connectivity index (χ2n) is 4.05. The van der Waals surface area contributed by atoms with E-state index in [9.17, 15) is 4.79 Å². The molecule has 0 unspecified atom stereocenters. The van der Waals surface area contributed by atoms with Crippen LogP contribution in [0.5, 0.6) is 11.5 Å². The molecule has 0 radical (unpaired) electrons. The molecule has 92 valence electrons. The molecule has 5 heteroatoms. The number of aromatic amines is 1. The van der Waals surface area contributed by atoms with Crippen molar-refractivity contribution in [3.63, 3.8) is 0 Å². The van der Waals surface area contributed by atoms with Gasteiger partial charge in [-0.1, -0.05) is 6.07 Å². The van der Waals surface area contributed by atoms with Gasteiger partial charge in [-0.15, -0.1) is 0 Å². The average molecular weight is 244 g/mol. The minimum Gasteiger partial charge on any atom is -0.490 e. The number of hydrogen-bond donors (Lipinski definition) is 1. The van der Waals surface area contributed by atoms with Crippen LogP contribution in [-0.2, 0) is 0 Å². The van der Waals surface area contributed by atoms with Gasteiger partial charge in [0.15, 0.2) is 11.5 Å². The first-order valence-electron chi connectivity index (χ1n) is 5.78. The van der Waals surface area contributed by atoms with Crippen molar-refractivity contribution >= 4 is 0 Å². The molecule has 0 saturated heterocycles. The first-order chi connectivity index (χ1) is 8.83. The van der Waals surface area contributed by atoms with Gasteiger partial charge in [0.25, 0.3) is 5.56 Å². The summed E-state index contributed by atoms with van der Waals surface area (Å²) in [4.78, 5) is 11.2. The third-order valence-corrected chi connectivity index (χ3v) is 2.75. The predicted molar refractivity (Wildman–Crippen MR) is 65.9 cm³/mol. The summed E-state index contributed by atoms with van der Waals surface area (Å²) in [5, 5.41) is 6.13. The zero-order chi connectivity index (χ0) is 12.4. The fourth-order valence-corrected chi connectivity index (χ4v) is 1.88. The van der Waals surface area contributed by atoms with Crippen molar-refractivity contribution in [1.82, 2.24) is 10.2 Å². The van der Waals surface area contributed by atoms with E-state index >= 15 is 0 Å². The number of fused-ring (bicyclic) bond motifs is 1. The summed E-state index contributed by atoms with van der Waals surface area (Å²) in [7, 11) is 0. The zero-order valence-corrected chi connectivity index (χ0v) is 9.68. The quantitative estimate of drug-likeness (QED) is 0.827. The molecule has 0 aliphatic carbocycles. The van der Waals surface area contributed by atoms with Crippen molar-refractivity contribution in [3.8, 4) is 22.6 Å². The minimum absolute atomic E-state index is 0.223. The summed E-state index contributed by atoms with van der Waals surface area (Å²) < 4.78 is 11.2. The highest BCUT2D eigenvalue weighted by Gasteiger charge is 2.11. The lowest BCUT2D eigenvalue weighted by atomic mass is 10.1. The normalized spacial score (nSPS) is 14.0. The van der Waals surface area contributed by atoms with Crippen LogP contribution >= 0.6 is 0 Å². The van der Waals surface area contributed by atoms with Crippen molar-refractivity contribution in [3.05, 3.63) is 40.8 Å². The van der Waals surface area contributed by atoms with Crippen LogP contribution < -0.4 is 15.0 Å². The Balaban J connectivity index is 2.04. The van der Waals surface area contributed by atoms with Gasteiger partial charge in [-0.2, -0.15) is 5.10 Å². The molecular formula is C13H12N2O3. The Hall–Kier alpha value is -2.30. The topological polar surface area (TPSA) is 64.2 Å². The van der Waals surface area contributed by atoms with Gasteiger partial charge in [0.1, 0.15) is 0 Å². The highest BCUT2D eigenvalue weighted by atomic mass is 16.5. The van der Waals surface area contributed by atoms with E-state index in [2.05, 4.69) is 10.2 Å². The van der Waals surface area contributed by atoms with Crippen molar-refractivity contribution in [2.75, 3.05) is 13.2 Å². The highest BCUT2D eigenvalue weighted by Crippen LogP contribution is 2.33. The van der Waals surface area contributed by atoms with Gasteiger partial charge >= 0.3 is 0 Å². The lowest BCUT2D eigenvalue weighted by molar-refractivity contribution is 0.297. The number of rotatable bonds is 1. The summed E-state index contributed by atoms with van der Waals surface area (Å²) >= 11 is 0. The summed E-state index contributed by atoms with van der Waals surface area (Å²) in [5.74, 6) is 1.46. The monoisotopic (exact) mass is 244 g/mol. The fraction of sp³-hybridized carbons (Fsp3) is 0.231. The van der Waals surface area contributed by atoms with E-state index < -0.39 is 0 Å². The summed E-state index contributed by atoms with van der Waals surface area (Å²) in [6.45, 7) is 1.31. The highest BCUT2D eigenvalue weighted by molar-refractivity contribution is 5.66. The maximum Gasteiger partial charge on any atom is 0.264 e. The van der Waals surface area contributed by atoms with Crippen LogP contribution in [0.1, 0.15) is 6.42 Å². The van der Waals surface area contributed by atoms with Gasteiger partial charge in [-0.25, -0.2) is 5.10 Å². The van der Waals surface area contributed by atoms with E-state index in [1.54, 1.807) is 6.20 Å². The molecule has 1 N–H and O–H groups in total. The van der Waals surface area contributed by atoms with Crippen LogP contribution in [-0.4, -0.2) is 23.4 Å². The van der Waals surface area contributed by atoms with Crippen LogP contribution in [0, 0.1) is 0 Å². The molecule has 5 nitrogen and oxygen atoms in total. The minimum atomic E-state index is -0.223. The van der Waals surface area contributed by atoms with Gasteiger partial charge in [-0.3, -0.25) is 4.79 Å². The molecular weight excluding hydrogens is 232 g/mol. The Bertz CT molecular complexity index is 622. The van der Waals surface area contributed by atoms with Gasteiger partial charge < -0.3 is 9.47 Å². The van der Waals surface area contributed by atoms with E-state index in [4.69, 9.17) is 9.47 Å². The van der Waals surface area contributed by atoms with Crippen molar-refractivity contribution in [1.29, 1.82) is 0 Å². The summed E-state index contributed by atoms with van der Waals surface area (Å²) in [6.07, 6.45) is 2.48. The molecule has 18 heavy (non-hydrogen) atoms.